The maximum Gasteiger partial charge on any atom is 0.220 e. The van der Waals surface area contributed by atoms with Gasteiger partial charge in [0.05, 0.1) is 11.7 Å². The van der Waals surface area contributed by atoms with E-state index < -0.39 is 0 Å². The number of hydrogen-bond acceptors (Lipinski definition) is 5. The summed E-state index contributed by atoms with van der Waals surface area (Å²) in [5.41, 5.74) is 1.91. The average molecular weight is 321 g/mol. The minimum Gasteiger partial charge on any atom is -0.361 e. The van der Waals surface area contributed by atoms with Gasteiger partial charge in [-0.1, -0.05) is 11.2 Å². The Morgan fingerprint density at radius 2 is 2.23 bits per heavy atom. The number of amides is 1. The molecule has 22 heavy (non-hydrogen) atoms. The van der Waals surface area contributed by atoms with Gasteiger partial charge in [-0.3, -0.25) is 4.79 Å². The van der Waals surface area contributed by atoms with Crippen molar-refractivity contribution in [3.8, 4) is 0 Å². The van der Waals surface area contributed by atoms with Gasteiger partial charge in [-0.05, 0) is 45.8 Å². The van der Waals surface area contributed by atoms with Gasteiger partial charge in [0.1, 0.15) is 5.76 Å². The first-order chi connectivity index (χ1) is 10.5. The highest BCUT2D eigenvalue weighted by Gasteiger charge is 2.17. The second-order valence-electron chi connectivity index (χ2n) is 5.60. The van der Waals surface area contributed by atoms with E-state index in [4.69, 9.17) is 4.52 Å². The topological polar surface area (TPSA) is 58.4 Å². The molecule has 2 heterocycles. The number of aromatic nitrogens is 1. The van der Waals surface area contributed by atoms with Gasteiger partial charge in [0.2, 0.25) is 5.91 Å². The standard InChI is InChI=1S/C16H23N3O2S/c1-11-13(12(2)21-18-11)7-8-16(20)17-10-14(19(3)4)15-6-5-9-22-15/h5-6,9,14H,7-8,10H2,1-4H3,(H,17,20)/t14-/m1/s1. The van der Waals surface area contributed by atoms with Gasteiger partial charge >= 0.3 is 0 Å². The molecule has 2 rings (SSSR count). The van der Waals surface area contributed by atoms with Gasteiger partial charge in [-0.15, -0.1) is 11.3 Å². The van der Waals surface area contributed by atoms with E-state index in [2.05, 4.69) is 26.8 Å². The predicted octanol–water partition coefficient (Wildman–Crippen LogP) is 2.70. The molecule has 1 N–H and O–H groups in total. The molecule has 0 saturated heterocycles. The van der Waals surface area contributed by atoms with Crippen molar-refractivity contribution in [3.63, 3.8) is 0 Å². The van der Waals surface area contributed by atoms with E-state index in [0.29, 0.717) is 19.4 Å². The number of carbonyl (C=O) groups is 1. The fourth-order valence-corrected chi connectivity index (χ4v) is 3.34. The Balaban J connectivity index is 1.84. The lowest BCUT2D eigenvalue weighted by molar-refractivity contribution is -0.121. The summed E-state index contributed by atoms with van der Waals surface area (Å²) in [6, 6.07) is 4.35. The third kappa shape index (κ3) is 4.18. The van der Waals surface area contributed by atoms with Crippen LogP contribution < -0.4 is 5.32 Å². The molecule has 0 spiro atoms. The van der Waals surface area contributed by atoms with Crippen molar-refractivity contribution in [1.82, 2.24) is 15.4 Å². The third-order valence-corrected chi connectivity index (χ3v) is 4.74. The van der Waals surface area contributed by atoms with Crippen LogP contribution in [0, 0.1) is 13.8 Å². The molecule has 2 aromatic heterocycles. The Morgan fingerprint density at radius 1 is 1.45 bits per heavy atom. The number of aryl methyl sites for hydroxylation is 2. The third-order valence-electron chi connectivity index (χ3n) is 3.77. The lowest BCUT2D eigenvalue weighted by Crippen LogP contribution is -2.34. The van der Waals surface area contributed by atoms with Crippen LogP contribution in [0.1, 0.15) is 34.4 Å². The zero-order valence-electron chi connectivity index (χ0n) is 13.5. The van der Waals surface area contributed by atoms with Gasteiger partial charge in [0, 0.05) is 23.4 Å². The van der Waals surface area contributed by atoms with E-state index in [0.717, 1.165) is 17.0 Å². The Hall–Kier alpha value is -1.66. The summed E-state index contributed by atoms with van der Waals surface area (Å²) < 4.78 is 5.12. The molecule has 0 unspecified atom stereocenters. The van der Waals surface area contributed by atoms with E-state index >= 15 is 0 Å². The van der Waals surface area contributed by atoms with Gasteiger partial charge in [-0.25, -0.2) is 0 Å². The maximum absolute atomic E-state index is 12.1. The number of hydrogen-bond donors (Lipinski definition) is 1. The molecule has 1 atom stereocenters. The summed E-state index contributed by atoms with van der Waals surface area (Å²) >= 11 is 1.71. The molecule has 5 nitrogen and oxygen atoms in total. The highest BCUT2D eigenvalue weighted by Crippen LogP contribution is 2.22. The Labute approximate surface area is 135 Å². The number of nitrogens with zero attached hydrogens (tertiary/aromatic N) is 2. The monoisotopic (exact) mass is 321 g/mol. The Kier molecular flexibility index (Phi) is 5.74. The second-order valence-corrected chi connectivity index (χ2v) is 6.58. The smallest absolute Gasteiger partial charge is 0.220 e. The molecule has 0 fully saturated rings. The van der Waals surface area contributed by atoms with Crippen LogP contribution in [0.4, 0.5) is 0 Å². The molecule has 0 saturated carbocycles. The van der Waals surface area contributed by atoms with Gasteiger partial charge in [-0.2, -0.15) is 0 Å². The first-order valence-corrected chi connectivity index (χ1v) is 8.25. The second kappa shape index (κ2) is 7.56. The van der Waals surface area contributed by atoms with Crippen LogP contribution >= 0.6 is 11.3 Å². The lowest BCUT2D eigenvalue weighted by atomic mass is 10.1. The van der Waals surface area contributed by atoms with Gasteiger partial charge < -0.3 is 14.7 Å². The number of rotatable bonds is 7. The molecule has 0 aliphatic rings. The molecule has 0 aliphatic carbocycles. The molecule has 6 heteroatoms. The van der Waals surface area contributed by atoms with Crippen molar-refractivity contribution >= 4 is 17.2 Å². The Bertz CT molecular complexity index is 585. The average Bonchev–Trinajstić information content (AvgIpc) is 3.08. The van der Waals surface area contributed by atoms with E-state index in [1.165, 1.54) is 4.88 Å². The summed E-state index contributed by atoms with van der Waals surface area (Å²) in [5.74, 6) is 0.860. The molecular weight excluding hydrogens is 298 g/mol. The van der Waals surface area contributed by atoms with E-state index in [-0.39, 0.29) is 11.9 Å². The van der Waals surface area contributed by atoms with E-state index in [9.17, 15) is 4.79 Å². The summed E-state index contributed by atoms with van der Waals surface area (Å²) in [5, 5.41) is 9.00. The minimum absolute atomic E-state index is 0.0587. The predicted molar refractivity (Wildman–Crippen MR) is 88.1 cm³/mol. The number of thiophene rings is 1. The van der Waals surface area contributed by atoms with Crippen LogP contribution in [0.25, 0.3) is 0 Å². The highest BCUT2D eigenvalue weighted by atomic mass is 32.1. The molecule has 0 aromatic carbocycles. The van der Waals surface area contributed by atoms with Crippen molar-refractivity contribution in [1.29, 1.82) is 0 Å². The van der Waals surface area contributed by atoms with Crippen molar-refractivity contribution < 1.29 is 9.32 Å². The number of carbonyl (C=O) groups excluding carboxylic acids is 1. The first kappa shape index (κ1) is 16.7. The number of likely N-dealkylation sites (N-methyl/N-ethyl adjacent to an activating group) is 1. The molecule has 0 aliphatic heterocycles. The quantitative estimate of drug-likeness (QED) is 0.852. The Morgan fingerprint density at radius 3 is 2.77 bits per heavy atom. The molecule has 120 valence electrons. The SMILES string of the molecule is Cc1noc(C)c1CCC(=O)NC[C@H](c1cccs1)N(C)C. The normalized spacial score (nSPS) is 12.6. The van der Waals surface area contributed by atoms with Crippen molar-refractivity contribution in [3.05, 3.63) is 39.4 Å². The maximum atomic E-state index is 12.1. The summed E-state index contributed by atoms with van der Waals surface area (Å²) in [6.07, 6.45) is 1.12. The van der Waals surface area contributed by atoms with Crippen molar-refractivity contribution in [2.24, 2.45) is 0 Å². The van der Waals surface area contributed by atoms with Crippen LogP contribution in [0.5, 0.6) is 0 Å². The minimum atomic E-state index is 0.0587. The summed E-state index contributed by atoms with van der Waals surface area (Å²) in [7, 11) is 4.06. The molecule has 0 radical (unpaired) electrons. The van der Waals surface area contributed by atoms with Gasteiger partial charge in [0.15, 0.2) is 0 Å². The fraction of sp³-hybridized carbons (Fsp3) is 0.500. The zero-order chi connectivity index (χ0) is 16.1. The molecule has 0 bridgehead atoms. The summed E-state index contributed by atoms with van der Waals surface area (Å²) in [4.78, 5) is 15.5. The molecular formula is C16H23N3O2S. The van der Waals surface area contributed by atoms with Crippen LogP contribution in [0.3, 0.4) is 0 Å². The largest absolute Gasteiger partial charge is 0.361 e. The van der Waals surface area contributed by atoms with Gasteiger partial charge in [0.25, 0.3) is 0 Å². The zero-order valence-corrected chi connectivity index (χ0v) is 14.4. The number of nitrogens with one attached hydrogen (secondary N) is 1. The van der Waals surface area contributed by atoms with Crippen LogP contribution in [-0.4, -0.2) is 36.6 Å². The van der Waals surface area contributed by atoms with Crippen LogP contribution in [0.15, 0.2) is 22.0 Å². The van der Waals surface area contributed by atoms with Crippen LogP contribution in [0.2, 0.25) is 0 Å². The lowest BCUT2D eigenvalue weighted by Gasteiger charge is -2.23. The van der Waals surface area contributed by atoms with Crippen molar-refractivity contribution in [2.75, 3.05) is 20.6 Å². The molecule has 1 amide bonds. The first-order valence-electron chi connectivity index (χ1n) is 7.37. The van der Waals surface area contributed by atoms with Crippen LogP contribution in [-0.2, 0) is 11.2 Å². The molecule has 2 aromatic rings. The van der Waals surface area contributed by atoms with Crippen molar-refractivity contribution in [2.45, 2.75) is 32.7 Å². The van der Waals surface area contributed by atoms with E-state index in [1.54, 1.807) is 11.3 Å². The highest BCUT2D eigenvalue weighted by molar-refractivity contribution is 7.10. The summed E-state index contributed by atoms with van der Waals surface area (Å²) in [6.45, 7) is 4.41. The fourth-order valence-electron chi connectivity index (χ4n) is 2.41. The van der Waals surface area contributed by atoms with E-state index in [1.807, 2.05) is 34.0 Å².